The van der Waals surface area contributed by atoms with Crippen LogP contribution in [0.15, 0.2) is 14.1 Å². The van der Waals surface area contributed by atoms with Gasteiger partial charge in [0.2, 0.25) is 0 Å². The second-order valence-corrected chi connectivity index (χ2v) is 4.69. The molecule has 0 saturated carbocycles. The molecule has 2 rings (SSSR count). The third kappa shape index (κ3) is 1.97. The van der Waals surface area contributed by atoms with Crippen LogP contribution in [0.5, 0.6) is 0 Å². The summed E-state index contributed by atoms with van der Waals surface area (Å²) in [7, 11) is 0. The topological polar surface area (TPSA) is 105 Å². The molecule has 7 nitrogen and oxygen atoms in total. The van der Waals surface area contributed by atoms with Crippen molar-refractivity contribution in [3.63, 3.8) is 0 Å². The van der Waals surface area contributed by atoms with Gasteiger partial charge in [0.05, 0.1) is 13.2 Å². The number of fused-ring (bicyclic) bond motifs is 1. The Labute approximate surface area is 104 Å². The Bertz CT molecular complexity index is 545. The maximum atomic E-state index is 11.5. The molecule has 1 aromatic heterocycles. The van der Waals surface area contributed by atoms with Crippen molar-refractivity contribution in [2.45, 2.75) is 18.8 Å². The lowest BCUT2D eigenvalue weighted by Gasteiger charge is -2.35. The number of ether oxygens (including phenoxy) is 1. The molecule has 0 aliphatic carbocycles. The highest BCUT2D eigenvalue weighted by molar-refractivity contribution is 9.10. The number of aliphatic hydroxyl groups is 2. The molecular weight excluding hydrogens is 296 g/mol. The van der Waals surface area contributed by atoms with Gasteiger partial charge < -0.3 is 14.9 Å². The standard InChI is InChI=1S/C9H11BrN2O5/c10-6-5-1-9(2-13,3-14)17-4-12(5)8(16)11-7(6)15/h13-14H,1-4H2,(H,11,15,16). The van der Waals surface area contributed by atoms with E-state index in [0.29, 0.717) is 5.69 Å². The van der Waals surface area contributed by atoms with E-state index in [-0.39, 0.29) is 17.6 Å². The van der Waals surface area contributed by atoms with E-state index in [4.69, 9.17) is 4.74 Å². The van der Waals surface area contributed by atoms with Gasteiger partial charge in [-0.3, -0.25) is 14.3 Å². The minimum absolute atomic E-state index is 0.0831. The second-order valence-electron chi connectivity index (χ2n) is 3.90. The monoisotopic (exact) mass is 306 g/mol. The normalized spacial score (nSPS) is 17.8. The number of rotatable bonds is 2. The third-order valence-corrected chi connectivity index (χ3v) is 3.63. The molecule has 0 radical (unpaired) electrons. The van der Waals surface area contributed by atoms with Gasteiger partial charge in [-0.15, -0.1) is 0 Å². The maximum Gasteiger partial charge on any atom is 0.330 e. The van der Waals surface area contributed by atoms with Crippen molar-refractivity contribution in [3.8, 4) is 0 Å². The molecule has 1 aliphatic rings. The summed E-state index contributed by atoms with van der Waals surface area (Å²) < 4.78 is 6.75. The molecule has 0 bridgehead atoms. The van der Waals surface area contributed by atoms with Gasteiger partial charge in [-0.1, -0.05) is 0 Å². The predicted octanol–water partition coefficient (Wildman–Crippen LogP) is -1.45. The maximum absolute atomic E-state index is 11.5. The van der Waals surface area contributed by atoms with Crippen molar-refractivity contribution >= 4 is 15.9 Å². The van der Waals surface area contributed by atoms with Crippen molar-refractivity contribution in [1.29, 1.82) is 0 Å². The quantitative estimate of drug-likeness (QED) is 0.620. The lowest BCUT2D eigenvalue weighted by molar-refractivity contribution is -0.149. The van der Waals surface area contributed by atoms with E-state index >= 15 is 0 Å². The molecule has 2 heterocycles. The number of halogens is 1. The minimum Gasteiger partial charge on any atom is -0.393 e. The zero-order valence-electron chi connectivity index (χ0n) is 8.77. The zero-order valence-corrected chi connectivity index (χ0v) is 10.4. The summed E-state index contributed by atoms with van der Waals surface area (Å²) >= 11 is 3.09. The number of aliphatic hydroxyl groups excluding tert-OH is 2. The van der Waals surface area contributed by atoms with Crippen LogP contribution in [0.25, 0.3) is 0 Å². The van der Waals surface area contributed by atoms with E-state index < -0.39 is 30.1 Å². The molecule has 17 heavy (non-hydrogen) atoms. The summed E-state index contributed by atoms with van der Waals surface area (Å²) in [6.07, 6.45) is 0.0831. The second kappa shape index (κ2) is 4.37. The fraction of sp³-hybridized carbons (Fsp3) is 0.556. The summed E-state index contributed by atoms with van der Waals surface area (Å²) in [5.74, 6) is 0. The largest absolute Gasteiger partial charge is 0.393 e. The molecule has 0 unspecified atom stereocenters. The van der Waals surface area contributed by atoms with Gasteiger partial charge in [0.1, 0.15) is 16.8 Å². The molecule has 0 fully saturated rings. The van der Waals surface area contributed by atoms with E-state index in [1.165, 1.54) is 4.57 Å². The van der Waals surface area contributed by atoms with Crippen LogP contribution in [-0.2, 0) is 17.9 Å². The van der Waals surface area contributed by atoms with Crippen LogP contribution >= 0.6 is 15.9 Å². The number of hydrogen-bond donors (Lipinski definition) is 3. The van der Waals surface area contributed by atoms with Gasteiger partial charge in [-0.2, -0.15) is 0 Å². The average molecular weight is 307 g/mol. The highest BCUT2D eigenvalue weighted by atomic mass is 79.9. The number of hydrogen-bond acceptors (Lipinski definition) is 5. The van der Waals surface area contributed by atoms with Crippen LogP contribution < -0.4 is 11.2 Å². The van der Waals surface area contributed by atoms with Crippen LogP contribution in [-0.4, -0.2) is 38.6 Å². The van der Waals surface area contributed by atoms with Gasteiger partial charge in [-0.25, -0.2) is 4.79 Å². The first kappa shape index (κ1) is 12.5. The molecule has 0 amide bonds. The third-order valence-electron chi connectivity index (χ3n) is 2.81. The highest BCUT2D eigenvalue weighted by Crippen LogP contribution is 2.25. The van der Waals surface area contributed by atoms with E-state index in [0.717, 1.165) is 0 Å². The van der Waals surface area contributed by atoms with Crippen LogP contribution in [0, 0.1) is 0 Å². The van der Waals surface area contributed by atoms with E-state index in [2.05, 4.69) is 20.9 Å². The lowest BCUT2D eigenvalue weighted by atomic mass is 9.98. The number of nitrogens with one attached hydrogen (secondary N) is 1. The van der Waals surface area contributed by atoms with Crippen LogP contribution in [0.4, 0.5) is 0 Å². The molecule has 0 atom stereocenters. The fourth-order valence-corrected chi connectivity index (χ4v) is 2.17. The van der Waals surface area contributed by atoms with Crippen molar-refractivity contribution in [1.82, 2.24) is 9.55 Å². The van der Waals surface area contributed by atoms with Crippen LogP contribution in [0.3, 0.4) is 0 Å². The Hall–Kier alpha value is -0.960. The van der Waals surface area contributed by atoms with Crippen LogP contribution in [0.2, 0.25) is 0 Å². The molecule has 1 aliphatic heterocycles. The highest BCUT2D eigenvalue weighted by Gasteiger charge is 2.36. The summed E-state index contributed by atoms with van der Waals surface area (Å²) in [5.41, 5.74) is -1.85. The molecule has 3 N–H and O–H groups in total. The molecule has 0 aromatic carbocycles. The fourth-order valence-electron chi connectivity index (χ4n) is 1.71. The van der Waals surface area contributed by atoms with Gasteiger partial charge in [0.25, 0.3) is 5.56 Å². The minimum atomic E-state index is -1.15. The van der Waals surface area contributed by atoms with Gasteiger partial charge >= 0.3 is 5.69 Å². The molecule has 94 valence electrons. The Morgan fingerprint density at radius 3 is 2.65 bits per heavy atom. The SMILES string of the molecule is O=c1[nH]c(=O)n2c(c1Br)CC(CO)(CO)OC2. The van der Waals surface area contributed by atoms with Gasteiger partial charge in [0.15, 0.2) is 0 Å². The Kier molecular flexibility index (Phi) is 3.21. The summed E-state index contributed by atoms with van der Waals surface area (Å²) in [6, 6.07) is 0. The molecule has 1 aromatic rings. The number of H-pyrrole nitrogens is 1. The number of nitrogens with zero attached hydrogens (tertiary/aromatic N) is 1. The van der Waals surface area contributed by atoms with Gasteiger partial charge in [0, 0.05) is 12.1 Å². The molecular formula is C9H11BrN2O5. The van der Waals surface area contributed by atoms with Crippen LogP contribution in [0.1, 0.15) is 5.69 Å². The van der Waals surface area contributed by atoms with E-state index in [1.54, 1.807) is 0 Å². The number of aromatic amines is 1. The van der Waals surface area contributed by atoms with Gasteiger partial charge in [-0.05, 0) is 15.9 Å². The summed E-state index contributed by atoms with van der Waals surface area (Å²) in [6.45, 7) is -0.904. The molecule has 8 heteroatoms. The van der Waals surface area contributed by atoms with E-state index in [1.807, 2.05) is 0 Å². The smallest absolute Gasteiger partial charge is 0.330 e. The predicted molar refractivity (Wildman–Crippen MR) is 60.7 cm³/mol. The van der Waals surface area contributed by atoms with Crippen molar-refractivity contribution in [2.75, 3.05) is 13.2 Å². The van der Waals surface area contributed by atoms with Crippen molar-refractivity contribution < 1.29 is 14.9 Å². The zero-order chi connectivity index (χ0) is 12.6. The van der Waals surface area contributed by atoms with E-state index in [9.17, 15) is 19.8 Å². The summed E-state index contributed by atoms with van der Waals surface area (Å²) in [4.78, 5) is 25.1. The average Bonchev–Trinajstić information content (AvgIpc) is 2.35. The van der Waals surface area contributed by atoms with Crippen molar-refractivity contribution in [3.05, 3.63) is 31.0 Å². The first-order valence-corrected chi connectivity index (χ1v) is 5.69. The molecule has 0 saturated heterocycles. The lowest BCUT2D eigenvalue weighted by Crippen LogP contribution is -2.51. The summed E-state index contributed by atoms with van der Waals surface area (Å²) in [5, 5.41) is 18.4. The number of aromatic nitrogens is 2. The first-order chi connectivity index (χ1) is 8.03. The first-order valence-electron chi connectivity index (χ1n) is 4.90. The Balaban J connectivity index is 2.58. The van der Waals surface area contributed by atoms with Crippen molar-refractivity contribution in [2.24, 2.45) is 0 Å². The molecule has 0 spiro atoms. The Morgan fingerprint density at radius 2 is 2.06 bits per heavy atom. The Morgan fingerprint density at radius 1 is 1.41 bits per heavy atom.